The second kappa shape index (κ2) is 5.58. The fourth-order valence-electron chi connectivity index (χ4n) is 2.20. The Labute approximate surface area is 112 Å². The van der Waals surface area contributed by atoms with Gasteiger partial charge in [0.25, 0.3) is 0 Å². The van der Waals surface area contributed by atoms with Crippen molar-refractivity contribution in [3.05, 3.63) is 17.5 Å². The topological polar surface area (TPSA) is 84.1 Å². The maximum absolute atomic E-state index is 9.91. The smallest absolute Gasteiger partial charge is 0.223 e. The minimum absolute atomic E-state index is 0.0137. The van der Waals surface area contributed by atoms with Crippen molar-refractivity contribution in [3.8, 4) is 0 Å². The van der Waals surface area contributed by atoms with Crippen LogP contribution < -0.4 is 11.1 Å². The van der Waals surface area contributed by atoms with E-state index in [0.29, 0.717) is 11.6 Å². The Bertz CT molecular complexity index is 452. The van der Waals surface area contributed by atoms with Crippen LogP contribution in [-0.4, -0.2) is 32.2 Å². The van der Waals surface area contributed by atoms with E-state index in [9.17, 15) is 5.11 Å². The predicted molar refractivity (Wildman–Crippen MR) is 74.5 cm³/mol. The van der Waals surface area contributed by atoms with E-state index in [0.717, 1.165) is 31.4 Å². The first-order valence-corrected chi connectivity index (χ1v) is 6.57. The SMILES string of the molecule is Cc1cc(C(N)=S)nc(NC2CCCCC2O)n1. The molecule has 0 radical (unpaired) electrons. The summed E-state index contributed by atoms with van der Waals surface area (Å²) in [6.45, 7) is 1.87. The summed E-state index contributed by atoms with van der Waals surface area (Å²) < 4.78 is 0. The molecule has 0 saturated heterocycles. The van der Waals surface area contributed by atoms with Crippen LogP contribution in [0.15, 0.2) is 6.07 Å². The van der Waals surface area contributed by atoms with E-state index in [1.54, 1.807) is 6.07 Å². The average Bonchev–Trinajstić information content (AvgIpc) is 2.31. The third-order valence-electron chi connectivity index (χ3n) is 3.15. The first-order chi connectivity index (χ1) is 8.56. The Morgan fingerprint density at radius 3 is 2.83 bits per heavy atom. The Kier molecular flexibility index (Phi) is 4.08. The zero-order valence-corrected chi connectivity index (χ0v) is 11.2. The van der Waals surface area contributed by atoms with Crippen LogP contribution in [0.25, 0.3) is 0 Å². The van der Waals surface area contributed by atoms with Gasteiger partial charge in [0.2, 0.25) is 5.95 Å². The highest BCUT2D eigenvalue weighted by molar-refractivity contribution is 7.80. The number of aryl methyl sites for hydroxylation is 1. The van der Waals surface area contributed by atoms with E-state index in [-0.39, 0.29) is 17.1 Å². The molecule has 1 aliphatic carbocycles. The number of nitrogens with zero attached hydrogens (tertiary/aromatic N) is 2. The van der Waals surface area contributed by atoms with Crippen molar-refractivity contribution >= 4 is 23.2 Å². The molecule has 1 fully saturated rings. The number of rotatable bonds is 3. The summed E-state index contributed by atoms with van der Waals surface area (Å²) in [7, 11) is 0. The summed E-state index contributed by atoms with van der Waals surface area (Å²) in [6.07, 6.45) is 3.61. The number of hydrogen-bond donors (Lipinski definition) is 3. The van der Waals surface area contributed by atoms with Gasteiger partial charge in [0.15, 0.2) is 0 Å². The summed E-state index contributed by atoms with van der Waals surface area (Å²) >= 11 is 4.92. The summed E-state index contributed by atoms with van der Waals surface area (Å²) in [6, 6.07) is 1.77. The third kappa shape index (κ3) is 3.14. The van der Waals surface area contributed by atoms with E-state index in [4.69, 9.17) is 18.0 Å². The number of anilines is 1. The van der Waals surface area contributed by atoms with E-state index < -0.39 is 0 Å². The fraction of sp³-hybridized carbons (Fsp3) is 0.583. The van der Waals surface area contributed by atoms with Crippen molar-refractivity contribution in [2.45, 2.75) is 44.8 Å². The highest BCUT2D eigenvalue weighted by atomic mass is 32.1. The standard InChI is InChI=1S/C12H18N4OS/c1-7-6-9(11(13)18)16-12(14-7)15-8-4-2-3-5-10(8)17/h6,8,10,17H,2-5H2,1H3,(H2,13,18)(H,14,15,16). The van der Waals surface area contributed by atoms with Crippen molar-refractivity contribution in [2.75, 3.05) is 5.32 Å². The summed E-state index contributed by atoms with van der Waals surface area (Å²) in [5.41, 5.74) is 6.94. The van der Waals surface area contributed by atoms with Gasteiger partial charge in [0, 0.05) is 5.69 Å². The zero-order chi connectivity index (χ0) is 13.1. The predicted octanol–water partition coefficient (Wildman–Crippen LogP) is 1.13. The van der Waals surface area contributed by atoms with Crippen molar-refractivity contribution < 1.29 is 5.11 Å². The van der Waals surface area contributed by atoms with Gasteiger partial charge in [-0.3, -0.25) is 0 Å². The summed E-state index contributed by atoms with van der Waals surface area (Å²) in [5.74, 6) is 0.490. The van der Waals surface area contributed by atoms with Gasteiger partial charge >= 0.3 is 0 Å². The molecule has 1 aromatic heterocycles. The summed E-state index contributed by atoms with van der Waals surface area (Å²) in [4.78, 5) is 8.82. The molecule has 2 atom stereocenters. The molecule has 0 aromatic carbocycles. The highest BCUT2D eigenvalue weighted by Crippen LogP contribution is 2.21. The number of nitrogens with one attached hydrogen (secondary N) is 1. The van der Waals surface area contributed by atoms with E-state index in [1.165, 1.54) is 0 Å². The molecule has 5 nitrogen and oxygen atoms in total. The molecule has 1 aliphatic rings. The van der Waals surface area contributed by atoms with Crippen molar-refractivity contribution in [3.63, 3.8) is 0 Å². The fourth-order valence-corrected chi connectivity index (χ4v) is 2.31. The van der Waals surface area contributed by atoms with Gasteiger partial charge in [-0.15, -0.1) is 0 Å². The number of thiocarbonyl (C=S) groups is 1. The monoisotopic (exact) mass is 266 g/mol. The molecule has 0 bridgehead atoms. The molecule has 0 aliphatic heterocycles. The Morgan fingerprint density at radius 1 is 1.44 bits per heavy atom. The van der Waals surface area contributed by atoms with E-state index in [1.807, 2.05) is 6.92 Å². The van der Waals surface area contributed by atoms with E-state index in [2.05, 4.69) is 15.3 Å². The quantitative estimate of drug-likeness (QED) is 0.711. The highest BCUT2D eigenvalue weighted by Gasteiger charge is 2.23. The van der Waals surface area contributed by atoms with Gasteiger partial charge in [-0.2, -0.15) is 0 Å². The van der Waals surface area contributed by atoms with Crippen LogP contribution in [0, 0.1) is 6.92 Å². The maximum Gasteiger partial charge on any atom is 0.223 e. The van der Waals surface area contributed by atoms with Gasteiger partial charge in [0.05, 0.1) is 12.1 Å². The number of aromatic nitrogens is 2. The van der Waals surface area contributed by atoms with Crippen LogP contribution in [0.4, 0.5) is 5.95 Å². The molecule has 1 heterocycles. The average molecular weight is 266 g/mol. The van der Waals surface area contributed by atoms with Crippen LogP contribution >= 0.6 is 12.2 Å². The molecule has 2 rings (SSSR count). The van der Waals surface area contributed by atoms with Crippen molar-refractivity contribution in [1.82, 2.24) is 9.97 Å². The van der Waals surface area contributed by atoms with Crippen LogP contribution in [0.5, 0.6) is 0 Å². The minimum Gasteiger partial charge on any atom is -0.391 e. The zero-order valence-electron chi connectivity index (χ0n) is 10.4. The first kappa shape index (κ1) is 13.2. The van der Waals surface area contributed by atoms with Gasteiger partial charge in [-0.05, 0) is 25.8 Å². The van der Waals surface area contributed by atoms with Crippen LogP contribution in [0.3, 0.4) is 0 Å². The van der Waals surface area contributed by atoms with Gasteiger partial charge in [-0.25, -0.2) is 9.97 Å². The lowest BCUT2D eigenvalue weighted by Crippen LogP contribution is -2.37. The molecule has 6 heteroatoms. The summed E-state index contributed by atoms with van der Waals surface area (Å²) in [5, 5.41) is 13.1. The second-order valence-electron chi connectivity index (χ2n) is 4.69. The van der Waals surface area contributed by atoms with E-state index >= 15 is 0 Å². The lowest BCUT2D eigenvalue weighted by atomic mass is 9.93. The molecule has 0 amide bonds. The second-order valence-corrected chi connectivity index (χ2v) is 5.12. The van der Waals surface area contributed by atoms with Crippen molar-refractivity contribution in [1.29, 1.82) is 0 Å². The third-order valence-corrected chi connectivity index (χ3v) is 3.36. The molecular weight excluding hydrogens is 248 g/mol. The molecule has 98 valence electrons. The number of nitrogens with two attached hydrogens (primary N) is 1. The minimum atomic E-state index is -0.337. The molecule has 4 N–H and O–H groups in total. The van der Waals surface area contributed by atoms with Gasteiger partial charge in [-0.1, -0.05) is 25.1 Å². The van der Waals surface area contributed by atoms with Gasteiger partial charge < -0.3 is 16.2 Å². The number of hydrogen-bond acceptors (Lipinski definition) is 5. The maximum atomic E-state index is 9.91. The van der Waals surface area contributed by atoms with Crippen LogP contribution in [-0.2, 0) is 0 Å². The molecule has 1 saturated carbocycles. The first-order valence-electron chi connectivity index (χ1n) is 6.16. The molecule has 2 unspecified atom stereocenters. The van der Waals surface area contributed by atoms with Crippen molar-refractivity contribution in [2.24, 2.45) is 5.73 Å². The van der Waals surface area contributed by atoms with Gasteiger partial charge in [0.1, 0.15) is 10.7 Å². The molecular formula is C12H18N4OS. The molecule has 0 spiro atoms. The lowest BCUT2D eigenvalue weighted by molar-refractivity contribution is 0.116. The van der Waals surface area contributed by atoms with Crippen LogP contribution in [0.2, 0.25) is 0 Å². The normalized spacial score (nSPS) is 23.7. The lowest BCUT2D eigenvalue weighted by Gasteiger charge is -2.28. The van der Waals surface area contributed by atoms with Crippen LogP contribution in [0.1, 0.15) is 37.1 Å². The molecule has 1 aromatic rings. The Morgan fingerprint density at radius 2 is 2.17 bits per heavy atom. The largest absolute Gasteiger partial charge is 0.391 e. The number of aliphatic hydroxyl groups is 1. The molecule has 18 heavy (non-hydrogen) atoms. The number of aliphatic hydroxyl groups excluding tert-OH is 1. The Hall–Kier alpha value is -1.27. The Balaban J connectivity index is 2.15.